The summed E-state index contributed by atoms with van der Waals surface area (Å²) in [4.78, 5) is 24.7. The summed E-state index contributed by atoms with van der Waals surface area (Å²) in [5.74, 6) is -0.167. The molecule has 6 heteroatoms. The third-order valence-electron chi connectivity index (χ3n) is 5.83. The Morgan fingerprint density at radius 1 is 0.970 bits per heavy atom. The Labute approximate surface area is 195 Å². The molecule has 176 valence electrons. The van der Waals surface area contributed by atoms with Crippen LogP contribution in [-0.4, -0.2) is 25.4 Å². The molecule has 0 saturated carbocycles. The largest absolute Gasteiger partial charge is 0.478 e. The maximum absolute atomic E-state index is 13.2. The predicted molar refractivity (Wildman–Crippen MR) is 132 cm³/mol. The molecule has 0 bridgehead atoms. The van der Waals surface area contributed by atoms with Gasteiger partial charge < -0.3 is 5.11 Å². The lowest BCUT2D eigenvalue weighted by Gasteiger charge is -2.18. The fraction of sp³-hybridized carbons (Fsp3) is 0.444. The van der Waals surface area contributed by atoms with Gasteiger partial charge in [-0.3, -0.25) is 4.57 Å². The van der Waals surface area contributed by atoms with Crippen LogP contribution in [0.2, 0.25) is 0 Å². The molecule has 1 heterocycles. The highest BCUT2D eigenvalue weighted by atomic mass is 16.4. The van der Waals surface area contributed by atoms with Crippen molar-refractivity contribution in [2.75, 3.05) is 0 Å². The monoisotopic (exact) mass is 449 g/mol. The molecule has 0 saturated heterocycles. The molecule has 0 unspecified atom stereocenters. The number of nitrogens with zero attached hydrogens (tertiary/aromatic N) is 3. The second kappa shape index (κ2) is 10.6. The number of benzene rings is 2. The average molecular weight is 450 g/mol. The Hall–Kier alpha value is -3.15. The van der Waals surface area contributed by atoms with E-state index in [4.69, 9.17) is 5.10 Å². The third-order valence-corrected chi connectivity index (χ3v) is 5.83. The fourth-order valence-corrected chi connectivity index (χ4v) is 4.04. The Morgan fingerprint density at radius 2 is 1.64 bits per heavy atom. The summed E-state index contributed by atoms with van der Waals surface area (Å²) in [6.07, 6.45) is 5.68. The van der Waals surface area contributed by atoms with Gasteiger partial charge in [-0.25, -0.2) is 14.3 Å². The number of hydrogen-bond donors (Lipinski definition) is 1. The standard InChI is InChI=1S/C27H35N3O3/c1-5-6-7-8-11-18-30-26(33)29(25(28-30)27(2,3)4)19-20-14-16-21(17-15-20)22-12-9-10-13-23(22)24(31)32/h9-10,12-17H,5-8,11,18-19H2,1-4H3,(H,31,32). The third kappa shape index (κ3) is 6.01. The number of hydrogen-bond acceptors (Lipinski definition) is 3. The Balaban J connectivity index is 1.84. The van der Waals surface area contributed by atoms with E-state index in [9.17, 15) is 14.7 Å². The van der Waals surface area contributed by atoms with Crippen LogP contribution in [0.5, 0.6) is 0 Å². The first kappa shape index (κ1) is 24.5. The minimum absolute atomic E-state index is 0.0734. The molecule has 0 radical (unpaired) electrons. The highest BCUT2D eigenvalue weighted by molar-refractivity contribution is 5.95. The van der Waals surface area contributed by atoms with Crippen molar-refractivity contribution in [2.45, 2.75) is 78.3 Å². The predicted octanol–water partition coefficient (Wildman–Crippen LogP) is 5.73. The Bertz CT molecular complexity index is 1130. The second-order valence-corrected chi connectivity index (χ2v) is 9.63. The number of aromatic carboxylic acids is 1. The topological polar surface area (TPSA) is 77.1 Å². The van der Waals surface area contributed by atoms with Gasteiger partial charge in [-0.1, -0.05) is 95.8 Å². The molecule has 0 aliphatic heterocycles. The van der Waals surface area contributed by atoms with E-state index in [0.29, 0.717) is 18.7 Å². The van der Waals surface area contributed by atoms with Gasteiger partial charge in [0.05, 0.1) is 12.1 Å². The lowest BCUT2D eigenvalue weighted by molar-refractivity contribution is 0.0697. The zero-order chi connectivity index (χ0) is 24.0. The van der Waals surface area contributed by atoms with Gasteiger partial charge in [0.1, 0.15) is 5.82 Å². The van der Waals surface area contributed by atoms with Crippen molar-refractivity contribution in [1.82, 2.24) is 14.3 Å². The van der Waals surface area contributed by atoms with Gasteiger partial charge in [-0.05, 0) is 29.2 Å². The number of carboxylic acids is 1. The first-order chi connectivity index (χ1) is 15.7. The summed E-state index contributed by atoms with van der Waals surface area (Å²) in [5, 5.41) is 14.2. The molecule has 3 aromatic rings. The highest BCUT2D eigenvalue weighted by Gasteiger charge is 2.24. The number of unbranched alkanes of at least 4 members (excludes halogenated alkanes) is 4. The van der Waals surface area contributed by atoms with E-state index >= 15 is 0 Å². The van der Waals surface area contributed by atoms with E-state index < -0.39 is 5.97 Å². The quantitative estimate of drug-likeness (QED) is 0.401. The van der Waals surface area contributed by atoms with Crippen molar-refractivity contribution < 1.29 is 9.90 Å². The zero-order valence-electron chi connectivity index (χ0n) is 20.2. The van der Waals surface area contributed by atoms with E-state index in [2.05, 4.69) is 27.7 Å². The van der Waals surface area contributed by atoms with Crippen LogP contribution in [-0.2, 0) is 18.5 Å². The minimum atomic E-state index is -0.946. The summed E-state index contributed by atoms with van der Waals surface area (Å²) in [7, 11) is 0. The van der Waals surface area contributed by atoms with Crippen LogP contribution >= 0.6 is 0 Å². The van der Waals surface area contributed by atoms with Gasteiger partial charge in [0.15, 0.2) is 0 Å². The van der Waals surface area contributed by atoms with Crippen LogP contribution in [0.1, 0.15) is 81.5 Å². The van der Waals surface area contributed by atoms with E-state index in [1.54, 1.807) is 21.4 Å². The second-order valence-electron chi connectivity index (χ2n) is 9.63. The SMILES string of the molecule is CCCCCCCn1nc(C(C)(C)C)n(Cc2ccc(-c3ccccc3C(=O)O)cc2)c1=O. The fourth-order valence-electron chi connectivity index (χ4n) is 4.04. The molecule has 1 N–H and O–H groups in total. The maximum atomic E-state index is 13.2. The molecule has 0 spiro atoms. The Morgan fingerprint density at radius 3 is 2.27 bits per heavy atom. The van der Waals surface area contributed by atoms with Crippen LogP contribution in [0.4, 0.5) is 0 Å². The van der Waals surface area contributed by atoms with Crippen LogP contribution < -0.4 is 5.69 Å². The normalized spacial score (nSPS) is 11.6. The van der Waals surface area contributed by atoms with Gasteiger partial charge in [0.25, 0.3) is 0 Å². The van der Waals surface area contributed by atoms with E-state index in [-0.39, 0.29) is 16.7 Å². The molecule has 33 heavy (non-hydrogen) atoms. The molecule has 2 aromatic carbocycles. The van der Waals surface area contributed by atoms with Crippen molar-refractivity contribution in [1.29, 1.82) is 0 Å². The molecular formula is C27H35N3O3. The first-order valence-corrected chi connectivity index (χ1v) is 11.8. The number of aryl methyl sites for hydroxylation is 1. The average Bonchev–Trinajstić information content (AvgIpc) is 3.10. The van der Waals surface area contributed by atoms with Crippen molar-refractivity contribution in [3.8, 4) is 11.1 Å². The molecule has 0 amide bonds. The summed E-state index contributed by atoms with van der Waals surface area (Å²) in [6, 6.07) is 14.7. The smallest absolute Gasteiger partial charge is 0.346 e. The lowest BCUT2D eigenvalue weighted by atomic mass is 9.95. The van der Waals surface area contributed by atoms with E-state index in [1.807, 2.05) is 36.4 Å². The summed E-state index contributed by atoms with van der Waals surface area (Å²) < 4.78 is 3.39. The lowest BCUT2D eigenvalue weighted by Crippen LogP contribution is -2.28. The molecule has 6 nitrogen and oxygen atoms in total. The van der Waals surface area contributed by atoms with Gasteiger partial charge in [-0.15, -0.1) is 0 Å². The van der Waals surface area contributed by atoms with E-state index in [1.165, 1.54) is 19.3 Å². The number of carboxylic acid groups (broad SMARTS) is 1. The number of carbonyl (C=O) groups is 1. The van der Waals surface area contributed by atoms with Gasteiger partial charge in [-0.2, -0.15) is 5.10 Å². The van der Waals surface area contributed by atoms with Gasteiger partial charge in [0.2, 0.25) is 0 Å². The van der Waals surface area contributed by atoms with Gasteiger partial charge >= 0.3 is 11.7 Å². The van der Waals surface area contributed by atoms with Crippen molar-refractivity contribution >= 4 is 5.97 Å². The molecule has 0 aliphatic rings. The molecular weight excluding hydrogens is 414 g/mol. The van der Waals surface area contributed by atoms with E-state index in [0.717, 1.165) is 29.8 Å². The Kier molecular flexibility index (Phi) is 7.90. The maximum Gasteiger partial charge on any atom is 0.346 e. The molecule has 0 aliphatic carbocycles. The number of aromatic nitrogens is 3. The number of rotatable bonds is 10. The van der Waals surface area contributed by atoms with Crippen LogP contribution in [0.3, 0.4) is 0 Å². The van der Waals surface area contributed by atoms with Crippen molar-refractivity contribution in [3.05, 3.63) is 76.0 Å². The molecule has 0 fully saturated rings. The first-order valence-electron chi connectivity index (χ1n) is 11.8. The summed E-state index contributed by atoms with van der Waals surface area (Å²) in [5.41, 5.74) is 2.43. The van der Waals surface area contributed by atoms with Crippen molar-refractivity contribution in [3.63, 3.8) is 0 Å². The van der Waals surface area contributed by atoms with Crippen LogP contribution in [0, 0.1) is 0 Å². The molecule has 1 aromatic heterocycles. The highest BCUT2D eigenvalue weighted by Crippen LogP contribution is 2.25. The van der Waals surface area contributed by atoms with Crippen LogP contribution in [0.25, 0.3) is 11.1 Å². The summed E-state index contributed by atoms with van der Waals surface area (Å²) in [6.45, 7) is 9.49. The van der Waals surface area contributed by atoms with Crippen LogP contribution in [0.15, 0.2) is 53.3 Å². The minimum Gasteiger partial charge on any atom is -0.478 e. The molecule has 3 rings (SSSR count). The van der Waals surface area contributed by atoms with Gasteiger partial charge in [0, 0.05) is 12.0 Å². The molecule has 0 atom stereocenters. The van der Waals surface area contributed by atoms with Crippen molar-refractivity contribution in [2.24, 2.45) is 0 Å². The summed E-state index contributed by atoms with van der Waals surface area (Å²) >= 11 is 0. The zero-order valence-corrected chi connectivity index (χ0v) is 20.2.